The van der Waals surface area contributed by atoms with Crippen molar-refractivity contribution in [2.45, 2.75) is 57.8 Å². The molecule has 6 nitrogen and oxygen atoms in total. The number of carbonyl (C=O) groups excluding carboxylic acids is 1. The maximum atomic E-state index is 12.9. The largest absolute Gasteiger partial charge is 0.435 e. The highest BCUT2D eigenvalue weighted by Crippen LogP contribution is 2.42. The average Bonchev–Trinajstić information content (AvgIpc) is 3.27. The molecule has 2 heterocycles. The van der Waals surface area contributed by atoms with Crippen molar-refractivity contribution < 1.29 is 18.0 Å². The van der Waals surface area contributed by atoms with Gasteiger partial charge in [-0.25, -0.2) is 0 Å². The van der Waals surface area contributed by atoms with E-state index in [2.05, 4.69) is 31.4 Å². The van der Waals surface area contributed by atoms with Crippen LogP contribution in [-0.4, -0.2) is 32.0 Å². The third-order valence-electron chi connectivity index (χ3n) is 4.67. The number of hydrogen-bond donors (Lipinski definition) is 1. The highest BCUT2D eigenvalue weighted by molar-refractivity contribution is 9.10. The van der Waals surface area contributed by atoms with E-state index in [1.807, 2.05) is 6.92 Å². The van der Waals surface area contributed by atoms with Gasteiger partial charge in [0.2, 0.25) is 5.91 Å². The van der Waals surface area contributed by atoms with E-state index in [0.29, 0.717) is 25.2 Å². The molecule has 0 aromatic carbocycles. The van der Waals surface area contributed by atoms with Crippen LogP contribution in [0, 0.1) is 6.92 Å². The van der Waals surface area contributed by atoms with Gasteiger partial charge in [0.05, 0.1) is 16.4 Å². The minimum absolute atomic E-state index is 0.171. The fourth-order valence-corrected chi connectivity index (χ4v) is 3.22. The Morgan fingerprint density at radius 3 is 2.70 bits per heavy atom. The molecule has 1 aliphatic rings. The topological polar surface area (TPSA) is 64.7 Å². The Morgan fingerprint density at radius 2 is 2.15 bits per heavy atom. The fourth-order valence-electron chi connectivity index (χ4n) is 2.95. The Labute approximate surface area is 163 Å². The van der Waals surface area contributed by atoms with Crippen LogP contribution in [-0.2, 0) is 17.5 Å². The molecule has 1 fully saturated rings. The predicted octanol–water partition coefficient (Wildman–Crippen LogP) is 3.81. The molecule has 1 atom stereocenters. The monoisotopic (exact) mass is 447 g/mol. The molecular weight excluding hydrogens is 427 g/mol. The van der Waals surface area contributed by atoms with Crippen LogP contribution in [0.1, 0.15) is 55.2 Å². The predicted molar refractivity (Wildman–Crippen MR) is 96.2 cm³/mol. The van der Waals surface area contributed by atoms with E-state index < -0.39 is 17.9 Å². The van der Waals surface area contributed by atoms with Crippen LogP contribution >= 0.6 is 15.9 Å². The van der Waals surface area contributed by atoms with Crippen molar-refractivity contribution in [3.63, 3.8) is 0 Å². The molecule has 27 heavy (non-hydrogen) atoms. The van der Waals surface area contributed by atoms with Crippen LogP contribution in [0.25, 0.3) is 0 Å². The first kappa shape index (κ1) is 19.9. The lowest BCUT2D eigenvalue weighted by atomic mass is 10.2. The summed E-state index contributed by atoms with van der Waals surface area (Å²) in [5, 5.41) is 10.7. The van der Waals surface area contributed by atoms with Gasteiger partial charge in [-0.3, -0.25) is 14.2 Å². The Balaban J connectivity index is 1.53. The van der Waals surface area contributed by atoms with E-state index in [0.717, 1.165) is 29.1 Å². The number of nitrogens with zero attached hydrogens (tertiary/aromatic N) is 4. The molecule has 1 aliphatic carbocycles. The molecule has 1 N–H and O–H groups in total. The maximum absolute atomic E-state index is 12.9. The summed E-state index contributed by atoms with van der Waals surface area (Å²) >= 11 is 3.36. The second-order valence-electron chi connectivity index (χ2n) is 6.79. The zero-order valence-electron chi connectivity index (χ0n) is 15.1. The number of nitrogens with one attached hydrogen (secondary N) is 1. The molecule has 1 saturated carbocycles. The second kappa shape index (κ2) is 7.65. The van der Waals surface area contributed by atoms with Crippen LogP contribution in [0.4, 0.5) is 13.2 Å². The smallest absolute Gasteiger partial charge is 0.354 e. The number of hydrogen-bond acceptors (Lipinski definition) is 3. The molecule has 0 saturated heterocycles. The fraction of sp³-hybridized carbons (Fsp3) is 0.588. The molecule has 1 unspecified atom stereocenters. The third-order valence-corrected chi connectivity index (χ3v) is 5.45. The third kappa shape index (κ3) is 4.53. The van der Waals surface area contributed by atoms with Crippen molar-refractivity contribution in [3.8, 4) is 0 Å². The zero-order valence-corrected chi connectivity index (χ0v) is 16.6. The molecule has 2 aromatic rings. The van der Waals surface area contributed by atoms with Gasteiger partial charge in [0.1, 0.15) is 6.04 Å². The van der Waals surface area contributed by atoms with Crippen molar-refractivity contribution in [3.05, 3.63) is 33.8 Å². The van der Waals surface area contributed by atoms with Crippen LogP contribution in [0.5, 0.6) is 0 Å². The van der Waals surface area contributed by atoms with E-state index in [1.54, 1.807) is 17.8 Å². The van der Waals surface area contributed by atoms with Crippen molar-refractivity contribution in [2.75, 3.05) is 6.54 Å². The van der Waals surface area contributed by atoms with E-state index in [9.17, 15) is 18.0 Å². The van der Waals surface area contributed by atoms with Crippen LogP contribution in [0.3, 0.4) is 0 Å². The molecule has 0 aliphatic heterocycles. The molecule has 0 bridgehead atoms. The lowest BCUT2D eigenvalue weighted by Gasteiger charge is -2.15. The molecule has 3 rings (SSSR count). The number of carbonyl (C=O) groups is 1. The summed E-state index contributed by atoms with van der Waals surface area (Å²) in [6, 6.07) is 0.677. The molecule has 0 radical (unpaired) electrons. The van der Waals surface area contributed by atoms with Gasteiger partial charge in [-0.1, -0.05) is 0 Å². The summed E-state index contributed by atoms with van der Waals surface area (Å²) in [4.78, 5) is 12.3. The molecular formula is C17H21BrF3N5O. The van der Waals surface area contributed by atoms with Crippen LogP contribution in [0.15, 0.2) is 16.7 Å². The summed E-state index contributed by atoms with van der Waals surface area (Å²) in [5.74, 6) is -0.0167. The lowest BCUT2D eigenvalue weighted by molar-refractivity contribution is -0.141. The summed E-state index contributed by atoms with van der Waals surface area (Å²) in [5.41, 5.74) is 0.642. The van der Waals surface area contributed by atoms with E-state index in [1.165, 1.54) is 4.68 Å². The number of alkyl halides is 3. The van der Waals surface area contributed by atoms with Gasteiger partial charge in [0.25, 0.3) is 0 Å². The number of rotatable bonds is 7. The quantitative estimate of drug-likeness (QED) is 0.656. The Bertz CT molecular complexity index is 825. The van der Waals surface area contributed by atoms with Crippen molar-refractivity contribution in [1.29, 1.82) is 0 Å². The van der Waals surface area contributed by atoms with E-state index >= 15 is 0 Å². The van der Waals surface area contributed by atoms with Gasteiger partial charge in [0, 0.05) is 24.7 Å². The average molecular weight is 448 g/mol. The number of amides is 1. The minimum Gasteiger partial charge on any atom is -0.354 e. The molecule has 0 spiro atoms. The number of aryl methyl sites for hydroxylation is 1. The molecule has 10 heteroatoms. The van der Waals surface area contributed by atoms with Gasteiger partial charge in [0.15, 0.2) is 5.69 Å². The van der Waals surface area contributed by atoms with Crippen molar-refractivity contribution in [1.82, 2.24) is 24.9 Å². The number of halogens is 4. The molecule has 2 aromatic heterocycles. The first-order valence-corrected chi connectivity index (χ1v) is 9.60. The number of aromatic nitrogens is 4. The van der Waals surface area contributed by atoms with E-state index in [4.69, 9.17) is 0 Å². The Kier molecular flexibility index (Phi) is 5.64. The standard InChI is InChI=1S/C17H21BrF3N5O/c1-10-13(18)9-23-26(10)11(2)16(27)22-6-3-7-25-14(12-4-5-12)8-15(24-25)17(19,20)21/h8-9,11-12H,3-7H2,1-2H3,(H,22,27). The summed E-state index contributed by atoms with van der Waals surface area (Å²) in [6.45, 7) is 4.30. The first-order valence-electron chi connectivity index (χ1n) is 8.80. The first-order chi connectivity index (χ1) is 12.7. The van der Waals surface area contributed by atoms with Gasteiger partial charge in [-0.2, -0.15) is 23.4 Å². The van der Waals surface area contributed by atoms with Gasteiger partial charge < -0.3 is 5.32 Å². The van der Waals surface area contributed by atoms with Gasteiger partial charge in [-0.05, 0) is 55.1 Å². The van der Waals surface area contributed by atoms with Crippen LogP contribution < -0.4 is 5.32 Å². The lowest BCUT2D eigenvalue weighted by Crippen LogP contribution is -2.33. The summed E-state index contributed by atoms with van der Waals surface area (Å²) < 4.78 is 42.6. The van der Waals surface area contributed by atoms with Crippen molar-refractivity contribution in [2.24, 2.45) is 0 Å². The second-order valence-corrected chi connectivity index (χ2v) is 7.65. The van der Waals surface area contributed by atoms with Crippen molar-refractivity contribution >= 4 is 21.8 Å². The highest BCUT2D eigenvalue weighted by Gasteiger charge is 2.37. The summed E-state index contributed by atoms with van der Waals surface area (Å²) in [6.07, 6.45) is -0.506. The minimum atomic E-state index is -4.44. The molecule has 1 amide bonds. The normalized spacial score (nSPS) is 15.8. The van der Waals surface area contributed by atoms with Crippen LogP contribution in [0.2, 0.25) is 0 Å². The zero-order chi connectivity index (χ0) is 19.8. The Hall–Kier alpha value is -1.84. The summed E-state index contributed by atoms with van der Waals surface area (Å²) in [7, 11) is 0. The SMILES string of the molecule is Cc1c(Br)cnn1C(C)C(=O)NCCCn1nc(C(F)(F)F)cc1C1CC1. The Morgan fingerprint density at radius 1 is 1.44 bits per heavy atom. The van der Waals surface area contributed by atoms with Gasteiger partial charge in [-0.15, -0.1) is 0 Å². The molecule has 148 valence electrons. The van der Waals surface area contributed by atoms with Gasteiger partial charge >= 0.3 is 6.18 Å². The van der Waals surface area contributed by atoms with E-state index in [-0.39, 0.29) is 11.8 Å². The maximum Gasteiger partial charge on any atom is 0.435 e. The highest BCUT2D eigenvalue weighted by atomic mass is 79.9.